The Labute approximate surface area is 183 Å². The van der Waals surface area contributed by atoms with E-state index in [0.717, 1.165) is 11.1 Å². The molecular weight excluding hydrogens is 494 g/mol. The molecule has 154 valence electrons. The molecule has 6 nitrogen and oxygen atoms in total. The molecule has 2 aromatic carbocycles. The third kappa shape index (κ3) is 7.02. The minimum absolute atomic E-state index is 0. The fourth-order valence-corrected chi connectivity index (χ4v) is 3.24. The highest BCUT2D eigenvalue weighted by Crippen LogP contribution is 2.12. The van der Waals surface area contributed by atoms with Gasteiger partial charge in [0.05, 0.1) is 11.4 Å². The van der Waals surface area contributed by atoms with Crippen molar-refractivity contribution in [3.05, 3.63) is 65.0 Å². The number of nitrogens with zero attached hydrogens (tertiary/aromatic N) is 1. The summed E-state index contributed by atoms with van der Waals surface area (Å²) >= 11 is 0. The molecule has 0 aliphatic heterocycles. The largest absolute Gasteiger partial charge is 0.357 e. The summed E-state index contributed by atoms with van der Waals surface area (Å²) in [6.07, 6.45) is 0. The summed E-state index contributed by atoms with van der Waals surface area (Å²) in [6.45, 7) is 5.19. The molecule has 0 spiro atoms. The second kappa shape index (κ2) is 11.3. The van der Waals surface area contributed by atoms with E-state index in [1.807, 2.05) is 13.0 Å². The Morgan fingerprint density at radius 1 is 1.11 bits per heavy atom. The molecule has 0 radical (unpaired) electrons. The first-order valence-electron chi connectivity index (χ1n) is 8.65. The van der Waals surface area contributed by atoms with Crippen LogP contribution in [-0.4, -0.2) is 28.0 Å². The van der Waals surface area contributed by atoms with Gasteiger partial charge in [0.25, 0.3) is 0 Å². The monoisotopic (exact) mass is 520 g/mol. The molecule has 0 heterocycles. The standard InChI is InChI=1S/C19H25FN4O2S.HI/c1-4-22-19(24-13-16-8-9-18(20)14(2)10-16)23-12-15-6-5-7-17(11-15)27(25,26)21-3;/h5-11,21H,4,12-13H2,1-3H3,(H2,22,23,24);1H. The van der Waals surface area contributed by atoms with Crippen molar-refractivity contribution in [1.82, 2.24) is 15.4 Å². The minimum Gasteiger partial charge on any atom is -0.357 e. The molecule has 0 amide bonds. The van der Waals surface area contributed by atoms with E-state index in [-0.39, 0.29) is 34.7 Å². The number of nitrogens with one attached hydrogen (secondary N) is 3. The van der Waals surface area contributed by atoms with Crippen LogP contribution in [0.3, 0.4) is 0 Å². The van der Waals surface area contributed by atoms with Crippen molar-refractivity contribution in [3.63, 3.8) is 0 Å². The van der Waals surface area contributed by atoms with Crippen molar-refractivity contribution in [2.45, 2.75) is 31.8 Å². The zero-order valence-electron chi connectivity index (χ0n) is 16.1. The van der Waals surface area contributed by atoms with Gasteiger partial charge >= 0.3 is 0 Å². The fraction of sp³-hybridized carbons (Fsp3) is 0.316. The molecule has 0 atom stereocenters. The van der Waals surface area contributed by atoms with Crippen molar-refractivity contribution in [2.75, 3.05) is 13.6 Å². The van der Waals surface area contributed by atoms with E-state index >= 15 is 0 Å². The highest BCUT2D eigenvalue weighted by Gasteiger charge is 2.11. The number of guanidine groups is 1. The summed E-state index contributed by atoms with van der Waals surface area (Å²) in [4.78, 5) is 4.70. The van der Waals surface area contributed by atoms with Gasteiger partial charge in [-0.2, -0.15) is 0 Å². The van der Waals surface area contributed by atoms with Crippen LogP contribution in [0.2, 0.25) is 0 Å². The van der Waals surface area contributed by atoms with Crippen molar-refractivity contribution >= 4 is 40.0 Å². The molecule has 9 heteroatoms. The molecule has 0 aliphatic rings. The molecule has 28 heavy (non-hydrogen) atoms. The van der Waals surface area contributed by atoms with Crippen LogP contribution in [0.15, 0.2) is 52.4 Å². The predicted octanol–water partition coefficient (Wildman–Crippen LogP) is 2.92. The first-order valence-corrected chi connectivity index (χ1v) is 10.1. The van der Waals surface area contributed by atoms with Crippen LogP contribution >= 0.6 is 24.0 Å². The van der Waals surface area contributed by atoms with Gasteiger partial charge in [-0.25, -0.2) is 22.5 Å². The zero-order chi connectivity index (χ0) is 19.9. The quantitative estimate of drug-likeness (QED) is 0.298. The number of aryl methyl sites for hydroxylation is 1. The normalized spacial score (nSPS) is 11.6. The van der Waals surface area contributed by atoms with Gasteiger partial charge in [0, 0.05) is 13.1 Å². The topological polar surface area (TPSA) is 82.6 Å². The Balaban J connectivity index is 0.00000392. The number of hydrogen-bond acceptors (Lipinski definition) is 3. The number of sulfonamides is 1. The predicted molar refractivity (Wildman–Crippen MR) is 121 cm³/mol. The third-order valence-corrected chi connectivity index (χ3v) is 5.34. The second-order valence-corrected chi connectivity index (χ2v) is 7.87. The fourth-order valence-electron chi connectivity index (χ4n) is 2.44. The number of rotatable bonds is 7. The maximum absolute atomic E-state index is 13.4. The molecule has 2 rings (SSSR count). The molecule has 0 unspecified atom stereocenters. The summed E-state index contributed by atoms with van der Waals surface area (Å²) in [7, 11) is -2.10. The van der Waals surface area contributed by atoms with Gasteiger partial charge in [0.1, 0.15) is 5.82 Å². The number of halogens is 2. The average molecular weight is 520 g/mol. The van der Waals surface area contributed by atoms with Crippen LogP contribution in [-0.2, 0) is 23.1 Å². The number of hydrogen-bond donors (Lipinski definition) is 3. The van der Waals surface area contributed by atoms with Crippen LogP contribution in [0, 0.1) is 12.7 Å². The molecule has 0 aliphatic carbocycles. The van der Waals surface area contributed by atoms with Crippen LogP contribution in [0.5, 0.6) is 0 Å². The summed E-state index contributed by atoms with van der Waals surface area (Å²) in [5.74, 6) is 0.372. The third-order valence-electron chi connectivity index (χ3n) is 3.92. The molecular formula is C19H26FIN4O2S. The van der Waals surface area contributed by atoms with Gasteiger partial charge in [-0.1, -0.05) is 24.3 Å². The number of aliphatic imine (C=N–C) groups is 1. The first-order chi connectivity index (χ1) is 12.9. The lowest BCUT2D eigenvalue weighted by molar-refractivity contribution is 0.588. The summed E-state index contributed by atoms with van der Waals surface area (Å²) in [5.41, 5.74) is 2.32. The maximum atomic E-state index is 13.4. The first kappa shape index (κ1) is 24.3. The lowest BCUT2D eigenvalue weighted by atomic mass is 10.1. The van der Waals surface area contributed by atoms with Crippen molar-refractivity contribution in [1.29, 1.82) is 0 Å². The van der Waals surface area contributed by atoms with E-state index in [2.05, 4.69) is 20.3 Å². The smallest absolute Gasteiger partial charge is 0.240 e. The van der Waals surface area contributed by atoms with Gasteiger partial charge in [-0.15, -0.1) is 24.0 Å². The molecule has 0 aromatic heterocycles. The van der Waals surface area contributed by atoms with Gasteiger partial charge in [-0.05, 0) is 55.8 Å². The van der Waals surface area contributed by atoms with Gasteiger partial charge in [-0.3, -0.25) is 0 Å². The molecule has 2 aromatic rings. The molecule has 0 saturated heterocycles. The maximum Gasteiger partial charge on any atom is 0.240 e. The Hall–Kier alpha value is -1.72. The van der Waals surface area contributed by atoms with Crippen molar-refractivity contribution < 1.29 is 12.8 Å². The summed E-state index contributed by atoms with van der Waals surface area (Å²) in [5, 5.41) is 6.34. The van der Waals surface area contributed by atoms with Gasteiger partial charge in [0.2, 0.25) is 10.0 Å². The second-order valence-electron chi connectivity index (χ2n) is 5.99. The van der Waals surface area contributed by atoms with E-state index in [4.69, 9.17) is 0 Å². The van der Waals surface area contributed by atoms with E-state index in [9.17, 15) is 12.8 Å². The molecule has 3 N–H and O–H groups in total. The summed E-state index contributed by atoms with van der Waals surface area (Å²) < 4.78 is 39.5. The minimum atomic E-state index is -3.48. The lowest BCUT2D eigenvalue weighted by Crippen LogP contribution is -2.36. The van der Waals surface area contributed by atoms with E-state index in [1.54, 1.807) is 37.3 Å². The zero-order valence-corrected chi connectivity index (χ0v) is 19.3. The molecule has 0 bridgehead atoms. The SMILES string of the molecule is CCNC(=NCc1cccc(S(=O)(=O)NC)c1)NCc1ccc(F)c(C)c1.I. The molecule has 0 fully saturated rings. The van der Waals surface area contributed by atoms with E-state index in [0.29, 0.717) is 31.2 Å². The van der Waals surface area contributed by atoms with E-state index < -0.39 is 10.0 Å². The lowest BCUT2D eigenvalue weighted by Gasteiger charge is -2.12. The Morgan fingerprint density at radius 2 is 1.86 bits per heavy atom. The summed E-state index contributed by atoms with van der Waals surface area (Å²) in [6, 6.07) is 11.6. The van der Waals surface area contributed by atoms with Crippen LogP contribution in [0.1, 0.15) is 23.6 Å². The Bertz CT molecular complexity index is 920. The Kier molecular flexibility index (Phi) is 9.83. The van der Waals surface area contributed by atoms with E-state index in [1.165, 1.54) is 13.1 Å². The van der Waals surface area contributed by atoms with Crippen LogP contribution in [0.4, 0.5) is 4.39 Å². The van der Waals surface area contributed by atoms with Gasteiger partial charge < -0.3 is 10.6 Å². The van der Waals surface area contributed by atoms with Crippen LogP contribution < -0.4 is 15.4 Å². The van der Waals surface area contributed by atoms with Gasteiger partial charge in [0.15, 0.2) is 5.96 Å². The highest BCUT2D eigenvalue weighted by atomic mass is 127. The van der Waals surface area contributed by atoms with Crippen molar-refractivity contribution in [2.24, 2.45) is 4.99 Å². The van der Waals surface area contributed by atoms with Crippen molar-refractivity contribution in [3.8, 4) is 0 Å². The Morgan fingerprint density at radius 3 is 2.50 bits per heavy atom. The van der Waals surface area contributed by atoms with Crippen LogP contribution in [0.25, 0.3) is 0 Å². The number of benzene rings is 2. The molecule has 0 saturated carbocycles. The highest BCUT2D eigenvalue weighted by molar-refractivity contribution is 14.0. The average Bonchev–Trinajstić information content (AvgIpc) is 2.67.